The van der Waals surface area contributed by atoms with Crippen LogP contribution in [0.5, 0.6) is 0 Å². The van der Waals surface area contributed by atoms with Crippen molar-refractivity contribution in [3.8, 4) is 0 Å². The molecule has 0 saturated heterocycles. The van der Waals surface area contributed by atoms with E-state index in [0.717, 1.165) is 141 Å². The third-order valence-electron chi connectivity index (χ3n) is 12.6. The molecule has 6 heteroatoms. The van der Waals surface area contributed by atoms with Crippen molar-refractivity contribution >= 4 is 17.9 Å². The van der Waals surface area contributed by atoms with Crippen LogP contribution in [0.25, 0.3) is 0 Å². The van der Waals surface area contributed by atoms with E-state index in [1.54, 1.807) is 0 Å². The molecule has 0 aromatic heterocycles. The minimum Gasteiger partial charge on any atom is -0.462 e. The van der Waals surface area contributed by atoms with Gasteiger partial charge < -0.3 is 14.2 Å². The number of carbonyl (C=O) groups excluding carboxylic acids is 3. The highest BCUT2D eigenvalue weighted by Gasteiger charge is 2.19. The first-order valence-electron chi connectivity index (χ1n) is 30.8. The van der Waals surface area contributed by atoms with E-state index in [1.165, 1.54) is 70.6 Å². The Morgan fingerprint density at radius 1 is 0.276 bits per heavy atom. The van der Waals surface area contributed by atoms with E-state index in [0.29, 0.717) is 19.3 Å². The summed E-state index contributed by atoms with van der Waals surface area (Å²) >= 11 is 0. The molecule has 76 heavy (non-hydrogen) atoms. The van der Waals surface area contributed by atoms with Crippen molar-refractivity contribution in [2.75, 3.05) is 13.2 Å². The number of rotatable bonds is 54. The molecule has 0 fully saturated rings. The molecule has 0 radical (unpaired) electrons. The van der Waals surface area contributed by atoms with Crippen molar-refractivity contribution in [3.05, 3.63) is 146 Å². The monoisotopic (exact) mass is 1050 g/mol. The van der Waals surface area contributed by atoms with E-state index < -0.39 is 6.10 Å². The number of allylic oxidation sites excluding steroid dienone is 24. The topological polar surface area (TPSA) is 78.9 Å². The fourth-order valence-electron chi connectivity index (χ4n) is 8.05. The largest absolute Gasteiger partial charge is 0.462 e. The highest BCUT2D eigenvalue weighted by Crippen LogP contribution is 2.15. The predicted octanol–water partition coefficient (Wildman–Crippen LogP) is 21.2. The molecule has 0 spiro atoms. The molecular formula is C70H112O6. The fraction of sp³-hybridized carbons (Fsp3) is 0.614. The number of carbonyl (C=O) groups is 3. The summed E-state index contributed by atoms with van der Waals surface area (Å²) in [5.74, 6) is -0.990. The number of ether oxygens (including phenoxy) is 3. The Labute approximate surface area is 467 Å². The summed E-state index contributed by atoms with van der Waals surface area (Å²) in [6.45, 7) is 6.35. The van der Waals surface area contributed by atoms with Gasteiger partial charge in [-0.2, -0.15) is 0 Å². The number of hydrogen-bond donors (Lipinski definition) is 0. The molecule has 0 N–H and O–H groups in total. The predicted molar refractivity (Wildman–Crippen MR) is 329 cm³/mol. The summed E-state index contributed by atoms with van der Waals surface area (Å²) < 4.78 is 16.8. The maximum atomic E-state index is 12.9. The van der Waals surface area contributed by atoms with Crippen LogP contribution in [0.1, 0.15) is 258 Å². The van der Waals surface area contributed by atoms with Crippen LogP contribution in [0.4, 0.5) is 0 Å². The van der Waals surface area contributed by atoms with Crippen molar-refractivity contribution < 1.29 is 28.6 Å². The van der Waals surface area contributed by atoms with Gasteiger partial charge in [-0.05, 0) is 116 Å². The van der Waals surface area contributed by atoms with Gasteiger partial charge in [0.25, 0.3) is 0 Å². The van der Waals surface area contributed by atoms with E-state index in [-0.39, 0.29) is 37.5 Å². The van der Waals surface area contributed by atoms with Crippen LogP contribution in [-0.2, 0) is 28.6 Å². The van der Waals surface area contributed by atoms with Gasteiger partial charge in [0.2, 0.25) is 0 Å². The Kier molecular flexibility index (Phi) is 58.9. The first kappa shape index (κ1) is 71.3. The lowest BCUT2D eigenvalue weighted by Gasteiger charge is -2.18. The Hall–Kier alpha value is -4.71. The lowest BCUT2D eigenvalue weighted by atomic mass is 10.0. The fourth-order valence-corrected chi connectivity index (χ4v) is 8.05. The molecule has 6 nitrogen and oxygen atoms in total. The molecule has 0 saturated carbocycles. The lowest BCUT2D eigenvalue weighted by Crippen LogP contribution is -2.30. The quantitative estimate of drug-likeness (QED) is 0.0261. The average Bonchev–Trinajstić information content (AvgIpc) is 3.42. The van der Waals surface area contributed by atoms with Crippen LogP contribution < -0.4 is 0 Å². The Balaban J connectivity index is 4.47. The third kappa shape index (κ3) is 60.2. The Morgan fingerprint density at radius 2 is 0.526 bits per heavy atom. The summed E-state index contributed by atoms with van der Waals surface area (Å²) in [6.07, 6.45) is 89.9. The van der Waals surface area contributed by atoms with Crippen LogP contribution in [0, 0.1) is 0 Å². The van der Waals surface area contributed by atoms with Crippen LogP contribution in [0.15, 0.2) is 146 Å². The summed E-state index contributed by atoms with van der Waals surface area (Å²) in [6, 6.07) is 0. The van der Waals surface area contributed by atoms with E-state index >= 15 is 0 Å². The first-order valence-corrected chi connectivity index (χ1v) is 30.8. The Bertz CT molecular complexity index is 1680. The van der Waals surface area contributed by atoms with Crippen molar-refractivity contribution in [2.24, 2.45) is 0 Å². The van der Waals surface area contributed by atoms with Crippen molar-refractivity contribution in [1.29, 1.82) is 0 Å². The van der Waals surface area contributed by atoms with Crippen molar-refractivity contribution in [3.63, 3.8) is 0 Å². The molecule has 0 heterocycles. The zero-order valence-corrected chi connectivity index (χ0v) is 49.0. The average molecular weight is 1050 g/mol. The molecule has 0 aromatic carbocycles. The number of hydrogen-bond acceptors (Lipinski definition) is 6. The molecule has 0 aromatic rings. The van der Waals surface area contributed by atoms with Gasteiger partial charge in [-0.1, -0.05) is 269 Å². The first-order chi connectivity index (χ1) is 37.5. The second kappa shape index (κ2) is 62.8. The molecule has 1 unspecified atom stereocenters. The van der Waals surface area contributed by atoms with Crippen LogP contribution in [0.3, 0.4) is 0 Å². The maximum Gasteiger partial charge on any atom is 0.306 e. The van der Waals surface area contributed by atoms with Crippen molar-refractivity contribution in [2.45, 2.75) is 264 Å². The number of unbranched alkanes of at least 4 members (excludes halogenated alkanes) is 19. The molecule has 0 rings (SSSR count). The highest BCUT2D eigenvalue weighted by molar-refractivity contribution is 5.71. The van der Waals surface area contributed by atoms with E-state index in [4.69, 9.17) is 14.2 Å². The van der Waals surface area contributed by atoms with Gasteiger partial charge in [0.1, 0.15) is 13.2 Å². The number of esters is 3. The van der Waals surface area contributed by atoms with E-state index in [1.807, 2.05) is 0 Å². The summed E-state index contributed by atoms with van der Waals surface area (Å²) in [5, 5.41) is 0. The smallest absolute Gasteiger partial charge is 0.306 e. The van der Waals surface area contributed by atoms with Crippen LogP contribution in [-0.4, -0.2) is 37.2 Å². The van der Waals surface area contributed by atoms with Gasteiger partial charge in [-0.15, -0.1) is 0 Å². The molecule has 1 atom stereocenters. The second-order valence-electron chi connectivity index (χ2n) is 19.9. The second-order valence-corrected chi connectivity index (χ2v) is 19.9. The van der Waals surface area contributed by atoms with Gasteiger partial charge in [0.05, 0.1) is 0 Å². The van der Waals surface area contributed by atoms with Gasteiger partial charge in [0.15, 0.2) is 6.10 Å². The molecule has 0 aliphatic carbocycles. The molecule has 0 amide bonds. The van der Waals surface area contributed by atoms with E-state index in [9.17, 15) is 14.4 Å². The minimum absolute atomic E-state index is 0.110. The van der Waals surface area contributed by atoms with Gasteiger partial charge in [-0.3, -0.25) is 14.4 Å². The van der Waals surface area contributed by atoms with Gasteiger partial charge >= 0.3 is 17.9 Å². The standard InChI is InChI=1S/C70H112O6/c1-4-7-10-13-16-19-22-25-28-30-31-32-33-34-35-36-37-38-39-41-42-45-48-51-54-57-60-63-69(72)75-66-67(65-74-68(71)62-59-56-53-50-47-44-27-24-21-18-15-12-9-6-3)76-70(73)64-61-58-55-52-49-46-43-40-29-26-23-20-17-14-11-8-5-2/h7-8,10-11,16-17,19-20,25-26,28-29,31-32,34-35,37-38,41-43,46,52,55,67H,4-6,9,12-15,18,21-24,27,30,33,36,39-40,44-45,47-51,53-54,56-66H2,1-3H3/b10-7-,11-8-,19-16-,20-17-,28-25-,29-26-,32-31-,35-34-,38-37-,42-41-,46-43-,55-52-. The maximum absolute atomic E-state index is 12.9. The third-order valence-corrected chi connectivity index (χ3v) is 12.6. The zero-order valence-electron chi connectivity index (χ0n) is 49.0. The Morgan fingerprint density at radius 3 is 0.842 bits per heavy atom. The molecule has 0 bridgehead atoms. The summed E-state index contributed by atoms with van der Waals surface area (Å²) in [4.78, 5) is 38.2. The normalized spacial score (nSPS) is 13.1. The van der Waals surface area contributed by atoms with Gasteiger partial charge in [0, 0.05) is 19.3 Å². The molecule has 428 valence electrons. The van der Waals surface area contributed by atoms with Crippen LogP contribution >= 0.6 is 0 Å². The minimum atomic E-state index is -0.821. The molecule has 0 aliphatic rings. The SMILES string of the molecule is CC/C=C\C/C=C\C/C=C\C/C=C\C/C=C\C/C=C\C/C=C\CCCCCCCC(=O)OCC(COC(=O)CCCCCCCCCCCCCCCC)OC(=O)CCC/C=C\C/C=C\C/C=C\C/C=C\C/C=C\CC. The molecule has 0 aliphatic heterocycles. The summed E-state index contributed by atoms with van der Waals surface area (Å²) in [5.41, 5.74) is 0. The highest BCUT2D eigenvalue weighted by atomic mass is 16.6. The zero-order chi connectivity index (χ0) is 55.0. The summed E-state index contributed by atoms with van der Waals surface area (Å²) in [7, 11) is 0. The lowest BCUT2D eigenvalue weighted by molar-refractivity contribution is -0.167. The van der Waals surface area contributed by atoms with Gasteiger partial charge in [-0.25, -0.2) is 0 Å². The van der Waals surface area contributed by atoms with Crippen LogP contribution in [0.2, 0.25) is 0 Å². The molecular weight excluding hydrogens is 937 g/mol. The van der Waals surface area contributed by atoms with E-state index in [2.05, 4.69) is 167 Å². The van der Waals surface area contributed by atoms with Crippen molar-refractivity contribution in [1.82, 2.24) is 0 Å².